The Hall–Kier alpha value is -2.55. The summed E-state index contributed by atoms with van der Waals surface area (Å²) in [6.45, 7) is -0.407. The number of hydrogen-bond donors (Lipinski definition) is 1. The van der Waals surface area contributed by atoms with Gasteiger partial charge < -0.3 is 15.0 Å². The number of benzene rings is 1. The maximum absolute atomic E-state index is 12.5. The minimum Gasteiger partial charge on any atom is -0.484 e. The molecule has 1 aromatic carbocycles. The second-order valence-electron chi connectivity index (χ2n) is 6.49. The Kier molecular flexibility index (Phi) is 6.23. The Bertz CT molecular complexity index is 807. The highest BCUT2D eigenvalue weighted by Gasteiger charge is 2.30. The van der Waals surface area contributed by atoms with Crippen molar-refractivity contribution in [1.29, 1.82) is 0 Å². The lowest BCUT2D eigenvalue weighted by Gasteiger charge is -2.31. The van der Waals surface area contributed by atoms with Gasteiger partial charge in [0, 0.05) is 18.8 Å². The minimum absolute atomic E-state index is 0.0701. The van der Waals surface area contributed by atoms with Gasteiger partial charge in [-0.05, 0) is 48.6 Å². The zero-order valence-corrected chi connectivity index (χ0v) is 15.7. The van der Waals surface area contributed by atoms with Crippen LogP contribution in [-0.4, -0.2) is 42.6 Å². The molecule has 0 radical (unpaired) electrons. The van der Waals surface area contributed by atoms with Crippen molar-refractivity contribution >= 4 is 28.8 Å². The van der Waals surface area contributed by atoms with E-state index in [0.717, 1.165) is 6.42 Å². The number of carbonyl (C=O) groups is 2. The van der Waals surface area contributed by atoms with E-state index in [0.29, 0.717) is 30.1 Å². The summed E-state index contributed by atoms with van der Waals surface area (Å²) in [4.78, 5) is 27.3. The SMILES string of the molecule is O=C(Nc1ccc(OCC(F)(F)F)cc1)[C@@H]1CCCN(C(=O)c2cccs2)C1. The van der Waals surface area contributed by atoms with Gasteiger partial charge >= 0.3 is 6.18 Å². The molecule has 1 fully saturated rings. The largest absolute Gasteiger partial charge is 0.484 e. The van der Waals surface area contributed by atoms with E-state index in [4.69, 9.17) is 0 Å². The average Bonchev–Trinajstić information content (AvgIpc) is 3.21. The molecule has 1 aromatic heterocycles. The molecule has 0 bridgehead atoms. The molecule has 1 aliphatic rings. The number of thiophene rings is 1. The predicted molar refractivity (Wildman–Crippen MR) is 99.6 cm³/mol. The lowest BCUT2D eigenvalue weighted by Crippen LogP contribution is -2.43. The summed E-state index contributed by atoms with van der Waals surface area (Å²) in [6, 6.07) is 9.29. The van der Waals surface area contributed by atoms with Gasteiger partial charge in [0.1, 0.15) is 5.75 Å². The lowest BCUT2D eigenvalue weighted by atomic mass is 9.97. The highest BCUT2D eigenvalue weighted by molar-refractivity contribution is 7.12. The number of alkyl halides is 3. The first kappa shape index (κ1) is 20.2. The summed E-state index contributed by atoms with van der Waals surface area (Å²) in [7, 11) is 0. The fourth-order valence-corrected chi connectivity index (χ4v) is 3.67. The molecule has 5 nitrogen and oxygen atoms in total. The Balaban J connectivity index is 1.54. The summed E-state index contributed by atoms with van der Waals surface area (Å²) < 4.78 is 41.1. The molecule has 2 aromatic rings. The molecule has 1 N–H and O–H groups in total. The fraction of sp³-hybridized carbons (Fsp3) is 0.368. The number of amides is 2. The molecule has 2 heterocycles. The van der Waals surface area contributed by atoms with Gasteiger partial charge in [-0.2, -0.15) is 13.2 Å². The number of rotatable bonds is 5. The van der Waals surface area contributed by atoms with Crippen molar-refractivity contribution in [3.05, 3.63) is 46.7 Å². The number of nitrogens with zero attached hydrogens (tertiary/aromatic N) is 1. The first-order chi connectivity index (χ1) is 13.3. The van der Waals surface area contributed by atoms with Crippen LogP contribution in [0.3, 0.4) is 0 Å². The van der Waals surface area contributed by atoms with Crippen molar-refractivity contribution in [2.45, 2.75) is 19.0 Å². The standard InChI is InChI=1S/C19H19F3N2O3S/c20-19(21,22)12-27-15-7-5-14(6-8-15)23-17(25)13-3-1-9-24(11-13)18(26)16-4-2-10-28-16/h2,4-8,10,13H,1,3,9,11-12H2,(H,23,25)/t13-/m1/s1. The van der Waals surface area contributed by atoms with E-state index in [1.807, 2.05) is 11.4 Å². The molecule has 150 valence electrons. The zero-order valence-electron chi connectivity index (χ0n) is 14.9. The number of ether oxygens (including phenoxy) is 1. The van der Waals surface area contributed by atoms with E-state index in [1.54, 1.807) is 11.0 Å². The van der Waals surface area contributed by atoms with Crippen molar-refractivity contribution in [3.63, 3.8) is 0 Å². The van der Waals surface area contributed by atoms with Crippen LogP contribution in [-0.2, 0) is 4.79 Å². The number of halogens is 3. The summed E-state index contributed by atoms with van der Waals surface area (Å²) >= 11 is 1.37. The summed E-state index contributed by atoms with van der Waals surface area (Å²) in [5.41, 5.74) is 0.464. The van der Waals surface area contributed by atoms with E-state index in [2.05, 4.69) is 10.1 Å². The maximum atomic E-state index is 12.5. The van der Waals surface area contributed by atoms with E-state index >= 15 is 0 Å². The molecule has 3 rings (SSSR count). The van der Waals surface area contributed by atoms with Crippen molar-refractivity contribution < 1.29 is 27.5 Å². The minimum atomic E-state index is -4.40. The van der Waals surface area contributed by atoms with Gasteiger partial charge in [-0.1, -0.05) is 6.07 Å². The Morgan fingerprint density at radius 3 is 2.61 bits per heavy atom. The van der Waals surface area contributed by atoms with Gasteiger partial charge in [-0.3, -0.25) is 9.59 Å². The quantitative estimate of drug-likeness (QED) is 0.802. The van der Waals surface area contributed by atoms with Gasteiger partial charge in [0.05, 0.1) is 10.8 Å². The highest BCUT2D eigenvalue weighted by Crippen LogP contribution is 2.23. The number of anilines is 1. The van der Waals surface area contributed by atoms with Crippen LogP contribution >= 0.6 is 11.3 Å². The van der Waals surface area contributed by atoms with Crippen LogP contribution in [0.1, 0.15) is 22.5 Å². The monoisotopic (exact) mass is 412 g/mol. The van der Waals surface area contributed by atoms with Gasteiger partial charge in [-0.25, -0.2) is 0 Å². The van der Waals surface area contributed by atoms with Crippen molar-refractivity contribution in [2.24, 2.45) is 5.92 Å². The van der Waals surface area contributed by atoms with Gasteiger partial charge in [0.25, 0.3) is 5.91 Å². The first-order valence-electron chi connectivity index (χ1n) is 8.75. The fourth-order valence-electron chi connectivity index (χ4n) is 2.98. The second kappa shape index (κ2) is 8.64. The van der Waals surface area contributed by atoms with Crippen LogP contribution < -0.4 is 10.1 Å². The van der Waals surface area contributed by atoms with Gasteiger partial charge in [0.2, 0.25) is 5.91 Å². The van der Waals surface area contributed by atoms with Crippen LogP contribution in [0.2, 0.25) is 0 Å². The normalized spacial score (nSPS) is 17.2. The lowest BCUT2D eigenvalue weighted by molar-refractivity contribution is -0.153. The summed E-state index contributed by atoms with van der Waals surface area (Å²) in [5.74, 6) is -0.550. The smallest absolute Gasteiger partial charge is 0.422 e. The molecule has 28 heavy (non-hydrogen) atoms. The Morgan fingerprint density at radius 1 is 1.21 bits per heavy atom. The molecule has 1 saturated heterocycles. The summed E-state index contributed by atoms with van der Waals surface area (Å²) in [6.07, 6.45) is -2.99. The first-order valence-corrected chi connectivity index (χ1v) is 9.63. The Labute approximate surface area is 164 Å². The zero-order chi connectivity index (χ0) is 20.1. The Morgan fingerprint density at radius 2 is 1.96 bits per heavy atom. The molecular formula is C19H19F3N2O3S. The summed E-state index contributed by atoms with van der Waals surface area (Å²) in [5, 5.41) is 4.59. The van der Waals surface area contributed by atoms with Crippen molar-refractivity contribution in [2.75, 3.05) is 25.0 Å². The molecule has 1 atom stereocenters. The predicted octanol–water partition coefficient (Wildman–Crippen LogP) is 4.18. The van der Waals surface area contributed by atoms with E-state index < -0.39 is 12.8 Å². The molecular weight excluding hydrogens is 393 g/mol. The van der Waals surface area contributed by atoms with Gasteiger partial charge in [-0.15, -0.1) is 11.3 Å². The third-order valence-corrected chi connectivity index (χ3v) is 5.19. The highest BCUT2D eigenvalue weighted by atomic mass is 32.1. The number of nitrogens with one attached hydrogen (secondary N) is 1. The van der Waals surface area contributed by atoms with Crippen LogP contribution in [0.15, 0.2) is 41.8 Å². The van der Waals surface area contributed by atoms with Gasteiger partial charge in [0.15, 0.2) is 6.61 Å². The number of piperidine rings is 1. The molecule has 0 saturated carbocycles. The van der Waals surface area contributed by atoms with E-state index in [9.17, 15) is 22.8 Å². The van der Waals surface area contributed by atoms with Crippen LogP contribution in [0, 0.1) is 5.92 Å². The molecule has 2 amide bonds. The third-order valence-electron chi connectivity index (χ3n) is 4.34. The molecule has 0 unspecified atom stereocenters. The molecule has 9 heteroatoms. The molecule has 0 spiro atoms. The number of likely N-dealkylation sites (tertiary alicyclic amines) is 1. The van der Waals surface area contributed by atoms with Crippen molar-refractivity contribution in [3.8, 4) is 5.75 Å². The van der Waals surface area contributed by atoms with Crippen molar-refractivity contribution in [1.82, 2.24) is 4.90 Å². The average molecular weight is 412 g/mol. The molecule has 1 aliphatic heterocycles. The molecule has 0 aliphatic carbocycles. The van der Waals surface area contributed by atoms with E-state index in [1.165, 1.54) is 35.6 Å². The number of carbonyl (C=O) groups excluding carboxylic acids is 2. The van der Waals surface area contributed by atoms with Crippen LogP contribution in [0.25, 0.3) is 0 Å². The second-order valence-corrected chi connectivity index (χ2v) is 7.43. The van der Waals surface area contributed by atoms with Crippen LogP contribution in [0.5, 0.6) is 5.75 Å². The number of hydrogen-bond acceptors (Lipinski definition) is 4. The topological polar surface area (TPSA) is 58.6 Å². The van der Waals surface area contributed by atoms with Crippen LogP contribution in [0.4, 0.5) is 18.9 Å². The van der Waals surface area contributed by atoms with E-state index in [-0.39, 0.29) is 23.5 Å². The third kappa shape index (κ3) is 5.48. The maximum Gasteiger partial charge on any atom is 0.422 e.